The Labute approximate surface area is 315 Å². The summed E-state index contributed by atoms with van der Waals surface area (Å²) >= 11 is 0. The van der Waals surface area contributed by atoms with Gasteiger partial charge in [-0.2, -0.15) is 0 Å². The molecule has 0 atom stereocenters. The highest BCUT2D eigenvalue weighted by Gasteiger charge is 2.24. The molecule has 54 heavy (non-hydrogen) atoms. The maximum Gasteiger partial charge on any atom is 0.136 e. The van der Waals surface area contributed by atoms with Gasteiger partial charge in [0.15, 0.2) is 0 Å². The van der Waals surface area contributed by atoms with Gasteiger partial charge < -0.3 is 4.42 Å². The molecule has 0 amide bonds. The van der Waals surface area contributed by atoms with Crippen LogP contribution in [0, 0.1) is 0 Å². The first-order chi connectivity index (χ1) is 26.8. The first-order valence-corrected chi connectivity index (χ1v) is 19.8. The molecule has 0 fully saturated rings. The SMILES string of the molecule is c1ccc(-c2ccc(P(c3ccc(-c4ccccc4)cc3)c3ccc(-c4ccc5oc6cc7c8c(cccc8c6c5c4)-c4ccccc4-7)cc3)cc2)cc1. The topological polar surface area (TPSA) is 13.1 Å². The van der Waals surface area contributed by atoms with E-state index in [2.05, 4.69) is 200 Å². The second-order valence-corrected chi connectivity index (χ2v) is 16.3. The van der Waals surface area contributed by atoms with Crippen molar-refractivity contribution in [2.24, 2.45) is 0 Å². The maximum absolute atomic E-state index is 6.56. The summed E-state index contributed by atoms with van der Waals surface area (Å²) in [4.78, 5) is 0. The minimum Gasteiger partial charge on any atom is -0.456 e. The lowest BCUT2D eigenvalue weighted by Gasteiger charge is -2.21. The van der Waals surface area contributed by atoms with E-state index in [-0.39, 0.29) is 0 Å². The Morgan fingerprint density at radius 1 is 0.278 bits per heavy atom. The quantitative estimate of drug-likeness (QED) is 0.157. The molecule has 252 valence electrons. The van der Waals surface area contributed by atoms with E-state index in [0.717, 1.165) is 16.6 Å². The average molecular weight is 705 g/mol. The molecule has 11 rings (SSSR count). The minimum atomic E-state index is -0.789. The van der Waals surface area contributed by atoms with Crippen molar-refractivity contribution in [1.82, 2.24) is 0 Å². The smallest absolute Gasteiger partial charge is 0.136 e. The van der Waals surface area contributed by atoms with Gasteiger partial charge in [-0.25, -0.2) is 0 Å². The summed E-state index contributed by atoms with van der Waals surface area (Å²) < 4.78 is 6.56. The molecule has 1 aromatic heterocycles. The van der Waals surface area contributed by atoms with Gasteiger partial charge in [-0.3, -0.25) is 0 Å². The van der Waals surface area contributed by atoms with Crippen molar-refractivity contribution in [2.45, 2.75) is 0 Å². The van der Waals surface area contributed by atoms with E-state index in [0.29, 0.717) is 0 Å². The van der Waals surface area contributed by atoms with Gasteiger partial charge in [-0.1, -0.05) is 182 Å². The van der Waals surface area contributed by atoms with E-state index >= 15 is 0 Å². The van der Waals surface area contributed by atoms with Gasteiger partial charge in [0.1, 0.15) is 11.2 Å². The van der Waals surface area contributed by atoms with Crippen LogP contribution in [0.1, 0.15) is 0 Å². The summed E-state index contributed by atoms with van der Waals surface area (Å²) in [6, 6.07) is 73.2. The molecule has 1 aliphatic rings. The Morgan fingerprint density at radius 3 is 1.31 bits per heavy atom. The molecule has 0 bridgehead atoms. The lowest BCUT2D eigenvalue weighted by Crippen LogP contribution is -2.20. The van der Waals surface area contributed by atoms with Gasteiger partial charge in [0.05, 0.1) is 0 Å². The van der Waals surface area contributed by atoms with Gasteiger partial charge >= 0.3 is 0 Å². The van der Waals surface area contributed by atoms with Crippen LogP contribution < -0.4 is 15.9 Å². The summed E-state index contributed by atoms with van der Waals surface area (Å²) in [5.74, 6) is 0. The summed E-state index contributed by atoms with van der Waals surface area (Å²) in [5, 5.41) is 8.93. The van der Waals surface area contributed by atoms with Crippen molar-refractivity contribution < 1.29 is 4.42 Å². The molecule has 2 heteroatoms. The third-order valence-electron chi connectivity index (χ3n) is 11.0. The van der Waals surface area contributed by atoms with Crippen LogP contribution >= 0.6 is 7.92 Å². The van der Waals surface area contributed by atoms with E-state index in [1.807, 2.05) is 0 Å². The Hall–Kier alpha value is -6.53. The van der Waals surface area contributed by atoms with Crippen LogP contribution in [-0.4, -0.2) is 0 Å². The summed E-state index contributed by atoms with van der Waals surface area (Å²) in [5.41, 5.74) is 14.3. The van der Waals surface area contributed by atoms with Gasteiger partial charge in [0.2, 0.25) is 0 Å². The van der Waals surface area contributed by atoms with Crippen molar-refractivity contribution in [3.05, 3.63) is 200 Å². The lowest BCUT2D eigenvalue weighted by atomic mass is 9.97. The highest BCUT2D eigenvalue weighted by Crippen LogP contribution is 2.51. The molecule has 0 aliphatic heterocycles. The molecular weight excluding hydrogens is 672 g/mol. The predicted molar refractivity (Wildman–Crippen MR) is 231 cm³/mol. The predicted octanol–water partition coefficient (Wildman–Crippen LogP) is 13.1. The van der Waals surface area contributed by atoms with Crippen LogP contribution in [0.4, 0.5) is 0 Å². The molecule has 10 aromatic rings. The normalized spacial score (nSPS) is 11.9. The van der Waals surface area contributed by atoms with Gasteiger partial charge in [-0.05, 0) is 108 Å². The number of furan rings is 1. The highest BCUT2D eigenvalue weighted by atomic mass is 31.1. The third-order valence-corrected chi connectivity index (χ3v) is 13.5. The van der Waals surface area contributed by atoms with Crippen LogP contribution in [0.2, 0.25) is 0 Å². The molecule has 0 saturated carbocycles. The van der Waals surface area contributed by atoms with Crippen molar-refractivity contribution in [2.75, 3.05) is 0 Å². The van der Waals surface area contributed by atoms with Gasteiger partial charge in [0.25, 0.3) is 0 Å². The van der Waals surface area contributed by atoms with E-state index in [4.69, 9.17) is 4.42 Å². The Balaban J connectivity index is 0.990. The molecule has 0 N–H and O–H groups in total. The second kappa shape index (κ2) is 12.6. The van der Waals surface area contributed by atoms with Gasteiger partial charge in [0, 0.05) is 10.8 Å². The summed E-state index contributed by atoms with van der Waals surface area (Å²) in [6.07, 6.45) is 0. The Kier molecular flexibility index (Phi) is 7.22. The van der Waals surface area contributed by atoms with Crippen LogP contribution in [0.25, 0.3) is 88.3 Å². The van der Waals surface area contributed by atoms with Crippen molar-refractivity contribution >= 4 is 56.5 Å². The highest BCUT2D eigenvalue weighted by molar-refractivity contribution is 7.79. The maximum atomic E-state index is 6.56. The zero-order valence-corrected chi connectivity index (χ0v) is 30.3. The van der Waals surface area contributed by atoms with E-state index in [9.17, 15) is 0 Å². The summed E-state index contributed by atoms with van der Waals surface area (Å²) in [6.45, 7) is 0. The molecule has 9 aromatic carbocycles. The van der Waals surface area contributed by atoms with Crippen molar-refractivity contribution in [1.29, 1.82) is 0 Å². The number of hydrogen-bond acceptors (Lipinski definition) is 1. The number of fused-ring (bicyclic) bond motifs is 7. The van der Waals surface area contributed by atoms with E-state index in [1.165, 1.54) is 87.7 Å². The molecule has 0 unspecified atom stereocenters. The third kappa shape index (κ3) is 5.05. The Bertz CT molecular complexity index is 2910. The lowest BCUT2D eigenvalue weighted by molar-refractivity contribution is 0.669. The molecule has 1 heterocycles. The standard InChI is InChI=1S/C52H33OP/c1-3-10-34(11-4-1)36-18-25-40(26-19-36)54(41-27-20-37(21-28-41)35-12-5-2-6-13-35)42-29-22-38(23-30-42)39-24-31-49-48(32-39)52-46-17-9-16-45-43-14-7-8-15-44(43)47(51(45)46)33-50(52)53-49/h1-33H. The monoisotopic (exact) mass is 704 g/mol. The number of rotatable bonds is 6. The molecule has 0 saturated heterocycles. The van der Waals surface area contributed by atoms with Crippen LogP contribution in [0.5, 0.6) is 0 Å². The second-order valence-electron chi connectivity index (χ2n) is 14.1. The zero-order valence-electron chi connectivity index (χ0n) is 29.4. The number of hydrogen-bond donors (Lipinski definition) is 0. The van der Waals surface area contributed by atoms with Crippen molar-refractivity contribution in [3.63, 3.8) is 0 Å². The van der Waals surface area contributed by atoms with Crippen LogP contribution in [-0.2, 0) is 0 Å². The van der Waals surface area contributed by atoms with E-state index in [1.54, 1.807) is 0 Å². The molecule has 1 nitrogen and oxygen atoms in total. The minimum absolute atomic E-state index is 0.789. The first kappa shape index (κ1) is 31.0. The van der Waals surface area contributed by atoms with Crippen LogP contribution in [0.15, 0.2) is 205 Å². The fourth-order valence-electron chi connectivity index (χ4n) is 8.44. The fraction of sp³-hybridized carbons (Fsp3) is 0. The summed E-state index contributed by atoms with van der Waals surface area (Å²) in [7, 11) is -0.789. The largest absolute Gasteiger partial charge is 0.456 e. The van der Waals surface area contributed by atoms with Gasteiger partial charge in [-0.15, -0.1) is 0 Å². The zero-order chi connectivity index (χ0) is 35.6. The van der Waals surface area contributed by atoms with Crippen LogP contribution in [0.3, 0.4) is 0 Å². The number of benzene rings is 9. The molecule has 0 radical (unpaired) electrons. The first-order valence-electron chi connectivity index (χ1n) is 18.5. The van der Waals surface area contributed by atoms with E-state index < -0.39 is 7.92 Å². The Morgan fingerprint density at radius 2 is 0.741 bits per heavy atom. The average Bonchev–Trinajstić information content (AvgIpc) is 3.78. The van der Waals surface area contributed by atoms with Crippen molar-refractivity contribution in [3.8, 4) is 55.6 Å². The fourth-order valence-corrected chi connectivity index (χ4v) is 10.7. The molecule has 0 spiro atoms. The molecular formula is C52H33OP. The molecule has 1 aliphatic carbocycles.